The number of hydrogen-bond acceptors (Lipinski definition) is 15. The molecule has 1 saturated heterocycles. The van der Waals surface area contributed by atoms with Gasteiger partial charge < -0.3 is 47.9 Å². The highest BCUT2D eigenvalue weighted by atomic mass is 32.2. The van der Waals surface area contributed by atoms with Crippen molar-refractivity contribution < 1.29 is 60.4 Å². The van der Waals surface area contributed by atoms with Crippen LogP contribution in [-0.4, -0.2) is 183 Å². The first kappa shape index (κ1) is 43.6. The number of rotatable bonds is 31. The summed E-state index contributed by atoms with van der Waals surface area (Å²) in [7, 11) is -3.78. The van der Waals surface area contributed by atoms with Crippen molar-refractivity contribution in [2.24, 2.45) is 0 Å². The number of aromatic nitrogens is 3. The zero-order valence-electron chi connectivity index (χ0n) is 30.1. The van der Waals surface area contributed by atoms with Crippen LogP contribution in [0.5, 0.6) is 0 Å². The number of carbonyl (C=O) groups is 1. The summed E-state index contributed by atoms with van der Waals surface area (Å²) in [6.07, 6.45) is 0.973. The third-order valence-corrected chi connectivity index (χ3v) is 8.83. The van der Waals surface area contributed by atoms with Gasteiger partial charge in [0.05, 0.1) is 130 Å². The van der Waals surface area contributed by atoms with Crippen LogP contribution in [0.15, 0.2) is 35.4 Å². The van der Waals surface area contributed by atoms with Crippen molar-refractivity contribution in [3.8, 4) is 0 Å². The van der Waals surface area contributed by atoms with Gasteiger partial charge in [0.15, 0.2) is 0 Å². The minimum Gasteiger partial charge on any atom is -0.465 e. The van der Waals surface area contributed by atoms with Gasteiger partial charge in [-0.05, 0) is 19.1 Å². The summed E-state index contributed by atoms with van der Waals surface area (Å²) >= 11 is 0. The van der Waals surface area contributed by atoms with E-state index in [2.05, 4.69) is 15.2 Å². The van der Waals surface area contributed by atoms with Crippen molar-refractivity contribution in [3.05, 3.63) is 41.7 Å². The number of nitrogens with zero attached hydrogens (tertiary/aromatic N) is 5. The molecule has 0 bridgehead atoms. The van der Waals surface area contributed by atoms with Crippen LogP contribution >= 0.6 is 0 Å². The Hall–Kier alpha value is -2.82. The lowest BCUT2D eigenvalue weighted by atomic mass is 10.2. The number of aryl methyl sites for hydroxylation is 1. The SMILES string of the molecule is Cc1ccc(S(=O)(=O)OCCOCCOCCOCCOCCOCCOCCOCCn2cc(COCCN3CCN(C(=O)O)CC3)nn2)cc1. The fraction of sp³-hybridized carbons (Fsp3) is 0.727. The average Bonchev–Trinajstić information content (AvgIpc) is 3.59. The molecule has 1 aromatic heterocycles. The summed E-state index contributed by atoms with van der Waals surface area (Å²) < 4.78 is 74.9. The lowest BCUT2D eigenvalue weighted by Crippen LogP contribution is -2.48. The Labute approximate surface area is 306 Å². The van der Waals surface area contributed by atoms with Crippen LogP contribution in [0.4, 0.5) is 4.79 Å². The highest BCUT2D eigenvalue weighted by Gasteiger charge is 2.20. The molecule has 3 rings (SSSR count). The first-order valence-electron chi connectivity index (χ1n) is 17.5. The fourth-order valence-electron chi connectivity index (χ4n) is 4.60. The van der Waals surface area contributed by atoms with E-state index in [4.69, 9.17) is 47.2 Å². The second-order valence-electron chi connectivity index (χ2n) is 11.5. The number of ether oxygens (including phenoxy) is 8. The van der Waals surface area contributed by atoms with Gasteiger partial charge in [0.1, 0.15) is 5.69 Å². The molecule has 1 aromatic carbocycles. The highest BCUT2D eigenvalue weighted by Crippen LogP contribution is 2.13. The van der Waals surface area contributed by atoms with Gasteiger partial charge >= 0.3 is 6.09 Å². The van der Waals surface area contributed by atoms with Crippen LogP contribution in [0.25, 0.3) is 0 Å². The topological polar surface area (TPSA) is 192 Å². The number of piperazine rings is 1. The van der Waals surface area contributed by atoms with Crippen LogP contribution < -0.4 is 0 Å². The fourth-order valence-corrected chi connectivity index (χ4v) is 5.50. The van der Waals surface area contributed by atoms with E-state index >= 15 is 0 Å². The minimum atomic E-state index is -3.78. The largest absolute Gasteiger partial charge is 0.465 e. The molecule has 1 aliphatic rings. The maximum atomic E-state index is 12.1. The molecule has 19 heteroatoms. The number of hydrogen-bond donors (Lipinski definition) is 1. The van der Waals surface area contributed by atoms with Gasteiger partial charge in [-0.15, -0.1) is 5.10 Å². The summed E-state index contributed by atoms with van der Waals surface area (Å²) in [5.41, 5.74) is 1.72. The van der Waals surface area contributed by atoms with Crippen molar-refractivity contribution in [2.75, 3.05) is 138 Å². The Balaban J connectivity index is 0.977. The third kappa shape index (κ3) is 19.9. The molecule has 0 saturated carbocycles. The van der Waals surface area contributed by atoms with Gasteiger partial charge in [0.2, 0.25) is 0 Å². The van der Waals surface area contributed by atoms with E-state index in [0.717, 1.165) is 17.8 Å². The molecule has 0 radical (unpaired) electrons. The lowest BCUT2D eigenvalue weighted by Gasteiger charge is -2.32. The van der Waals surface area contributed by atoms with E-state index in [1.807, 2.05) is 13.1 Å². The molecule has 1 amide bonds. The molecule has 2 aromatic rings. The summed E-state index contributed by atoms with van der Waals surface area (Å²) in [6.45, 7) is 12.4. The van der Waals surface area contributed by atoms with Gasteiger partial charge in [0, 0.05) is 32.7 Å². The minimum absolute atomic E-state index is 0.0659. The zero-order valence-corrected chi connectivity index (χ0v) is 31.0. The van der Waals surface area contributed by atoms with E-state index in [1.165, 1.54) is 17.0 Å². The molecular formula is C33H55N5O13S. The van der Waals surface area contributed by atoms with Crippen molar-refractivity contribution in [1.82, 2.24) is 24.8 Å². The molecule has 2 heterocycles. The van der Waals surface area contributed by atoms with Gasteiger partial charge in [-0.1, -0.05) is 22.9 Å². The van der Waals surface area contributed by atoms with Crippen LogP contribution in [0.3, 0.4) is 0 Å². The molecule has 52 heavy (non-hydrogen) atoms. The molecule has 0 aliphatic carbocycles. The number of carboxylic acid groups (broad SMARTS) is 1. The van der Waals surface area contributed by atoms with Crippen molar-refractivity contribution in [3.63, 3.8) is 0 Å². The second kappa shape index (κ2) is 26.9. The second-order valence-corrected chi connectivity index (χ2v) is 13.1. The van der Waals surface area contributed by atoms with Crippen molar-refractivity contribution in [1.29, 1.82) is 0 Å². The maximum Gasteiger partial charge on any atom is 0.407 e. The Kier molecular flexibility index (Phi) is 22.5. The molecule has 1 fully saturated rings. The van der Waals surface area contributed by atoms with Gasteiger partial charge in [-0.2, -0.15) is 8.42 Å². The number of amides is 1. The van der Waals surface area contributed by atoms with Crippen molar-refractivity contribution >= 4 is 16.2 Å². The molecule has 0 atom stereocenters. The van der Waals surface area contributed by atoms with E-state index in [0.29, 0.717) is 132 Å². The van der Waals surface area contributed by atoms with E-state index in [1.54, 1.807) is 16.8 Å². The van der Waals surface area contributed by atoms with Crippen LogP contribution in [0, 0.1) is 6.92 Å². The lowest BCUT2D eigenvalue weighted by molar-refractivity contribution is -0.0214. The highest BCUT2D eigenvalue weighted by molar-refractivity contribution is 7.86. The van der Waals surface area contributed by atoms with Crippen LogP contribution in [0.2, 0.25) is 0 Å². The van der Waals surface area contributed by atoms with Gasteiger partial charge in [-0.25, -0.2) is 9.48 Å². The molecule has 0 spiro atoms. The van der Waals surface area contributed by atoms with Crippen molar-refractivity contribution in [2.45, 2.75) is 25.0 Å². The first-order chi connectivity index (χ1) is 25.3. The van der Waals surface area contributed by atoms with Gasteiger partial charge in [0.25, 0.3) is 10.1 Å². The number of benzene rings is 1. The predicted molar refractivity (Wildman–Crippen MR) is 186 cm³/mol. The smallest absolute Gasteiger partial charge is 0.407 e. The molecule has 1 aliphatic heterocycles. The quantitative estimate of drug-likeness (QED) is 0.0842. The maximum absolute atomic E-state index is 12.1. The molecule has 296 valence electrons. The van der Waals surface area contributed by atoms with E-state index < -0.39 is 16.2 Å². The monoisotopic (exact) mass is 761 g/mol. The van der Waals surface area contributed by atoms with E-state index in [-0.39, 0.29) is 18.1 Å². The summed E-state index contributed by atoms with van der Waals surface area (Å²) in [6, 6.07) is 6.47. The molecule has 1 N–H and O–H groups in total. The predicted octanol–water partition coefficient (Wildman–Crippen LogP) is 0.920. The van der Waals surface area contributed by atoms with Crippen LogP contribution in [-0.2, 0) is 65.3 Å². The summed E-state index contributed by atoms with van der Waals surface area (Å²) in [5, 5.41) is 17.2. The average molecular weight is 762 g/mol. The standard InChI is InChI=1S/C33H55N5O13S/c1-30-2-4-32(5-3-30)52(41,42)51-27-26-49-25-24-48-23-22-47-21-20-46-19-18-45-17-16-44-15-14-43-13-11-38-28-31(34-35-38)29-50-12-10-36-6-8-37(9-7-36)33(39)40/h2-5,28H,6-27,29H2,1H3,(H,39,40). The third-order valence-electron chi connectivity index (χ3n) is 7.50. The molecule has 18 nitrogen and oxygen atoms in total. The van der Waals surface area contributed by atoms with Crippen LogP contribution in [0.1, 0.15) is 11.3 Å². The molecular weight excluding hydrogens is 706 g/mol. The molecule has 0 unspecified atom stereocenters. The van der Waals surface area contributed by atoms with E-state index in [9.17, 15) is 13.2 Å². The normalized spacial score (nSPS) is 14.0. The summed E-state index contributed by atoms with van der Waals surface area (Å²) in [4.78, 5) is 14.7. The Morgan fingerprint density at radius 1 is 0.654 bits per heavy atom. The zero-order chi connectivity index (χ0) is 37.1. The summed E-state index contributed by atoms with van der Waals surface area (Å²) in [5.74, 6) is 0. The Morgan fingerprint density at radius 3 is 1.62 bits per heavy atom. The Bertz CT molecular complexity index is 1310. The van der Waals surface area contributed by atoms with Gasteiger partial charge in [-0.3, -0.25) is 9.08 Å². The first-order valence-corrected chi connectivity index (χ1v) is 18.9. The Morgan fingerprint density at radius 2 is 1.12 bits per heavy atom.